The van der Waals surface area contributed by atoms with Gasteiger partial charge in [0.2, 0.25) is 0 Å². The smallest absolute Gasteiger partial charge is 0.659 e. The molecule has 2 aromatic carbocycles. The number of halogens is 1. The van der Waals surface area contributed by atoms with Crippen molar-refractivity contribution in [3.05, 3.63) is 76.1 Å². The largest absolute Gasteiger partial charge is 1.00 e. The van der Waals surface area contributed by atoms with Crippen molar-refractivity contribution in [2.24, 2.45) is 0 Å². The monoisotopic (exact) mass is 429 g/mol. The van der Waals surface area contributed by atoms with Crippen LogP contribution in [0.3, 0.4) is 0 Å². The molecule has 0 unspecified atom stereocenters. The Morgan fingerprint density at radius 1 is 1.04 bits per heavy atom. The van der Waals surface area contributed by atoms with Crippen LogP contribution in [0.15, 0.2) is 48.5 Å². The summed E-state index contributed by atoms with van der Waals surface area (Å²) >= 11 is 2.13. The molecular formula is C20H27ILiN2+. The van der Waals surface area contributed by atoms with Gasteiger partial charge in [-0.05, 0) is 36.5 Å². The molecular weight excluding hydrogens is 402 g/mol. The molecule has 124 valence electrons. The van der Waals surface area contributed by atoms with Crippen molar-refractivity contribution in [2.45, 2.75) is 39.8 Å². The van der Waals surface area contributed by atoms with Crippen LogP contribution in [0.25, 0.3) is 5.32 Å². The van der Waals surface area contributed by atoms with Crippen molar-refractivity contribution in [3.8, 4) is 0 Å². The van der Waals surface area contributed by atoms with Gasteiger partial charge in [-0.2, -0.15) is 6.54 Å². The van der Waals surface area contributed by atoms with E-state index in [4.69, 9.17) is 0 Å². The average molecular weight is 429 g/mol. The van der Waals surface area contributed by atoms with Crippen molar-refractivity contribution in [3.63, 3.8) is 0 Å². The summed E-state index contributed by atoms with van der Waals surface area (Å²) in [4.78, 5) is 0. The summed E-state index contributed by atoms with van der Waals surface area (Å²) in [5, 5.41) is 4.44. The van der Waals surface area contributed by atoms with Crippen LogP contribution in [0.2, 0.25) is 0 Å². The van der Waals surface area contributed by atoms with Gasteiger partial charge in [-0.1, -0.05) is 64.1 Å². The molecule has 0 spiro atoms. The SMILES string of the molecule is CC[N-]Cc1cccc(CCCN([IH+])Cc2ccccc2C)c1.[Li+]. The van der Waals surface area contributed by atoms with E-state index in [1.807, 2.05) is 0 Å². The topological polar surface area (TPSA) is 17.3 Å². The maximum absolute atomic E-state index is 4.44. The van der Waals surface area contributed by atoms with Crippen LogP contribution in [0.1, 0.15) is 35.6 Å². The van der Waals surface area contributed by atoms with Crippen molar-refractivity contribution < 1.29 is 41.7 Å². The van der Waals surface area contributed by atoms with Crippen molar-refractivity contribution in [1.29, 1.82) is 0 Å². The predicted octanol–water partition coefficient (Wildman–Crippen LogP) is -1.47. The third kappa shape index (κ3) is 7.71. The Bertz CT molecular complexity index is 604. The van der Waals surface area contributed by atoms with Gasteiger partial charge in [0, 0.05) is 6.54 Å². The molecule has 4 heteroatoms. The fourth-order valence-corrected chi connectivity index (χ4v) is 3.41. The molecule has 0 bridgehead atoms. The Balaban J connectivity index is 0.00000288. The molecule has 0 heterocycles. The fraction of sp³-hybridized carbons (Fsp3) is 0.400. The summed E-state index contributed by atoms with van der Waals surface area (Å²) in [5.74, 6) is 0. The summed E-state index contributed by atoms with van der Waals surface area (Å²) in [6, 6.07) is 17.5. The van der Waals surface area contributed by atoms with E-state index in [1.54, 1.807) is 0 Å². The Morgan fingerprint density at radius 3 is 2.54 bits per heavy atom. The van der Waals surface area contributed by atoms with Gasteiger partial charge < -0.3 is 5.32 Å². The minimum absolute atomic E-state index is 0. The molecule has 0 amide bonds. The van der Waals surface area contributed by atoms with Gasteiger partial charge in [0.1, 0.15) is 0 Å². The van der Waals surface area contributed by atoms with Gasteiger partial charge in [0.15, 0.2) is 0 Å². The number of nitrogens with zero attached hydrogens (tertiary/aromatic N) is 2. The van der Waals surface area contributed by atoms with Crippen molar-refractivity contribution >= 4 is 0 Å². The first kappa shape index (κ1) is 21.7. The van der Waals surface area contributed by atoms with Crippen LogP contribution < -0.4 is 41.7 Å². The van der Waals surface area contributed by atoms with Crippen LogP contribution in [0, 0.1) is 6.92 Å². The summed E-state index contributed by atoms with van der Waals surface area (Å²) in [6.45, 7) is 8.19. The molecule has 0 aromatic heterocycles. The zero-order valence-corrected chi connectivity index (χ0v) is 17.5. The molecule has 0 aliphatic rings. The minimum Gasteiger partial charge on any atom is -0.659 e. The van der Waals surface area contributed by atoms with Crippen LogP contribution >= 0.6 is 0 Å². The Labute approximate surface area is 173 Å². The zero-order chi connectivity index (χ0) is 16.5. The Morgan fingerprint density at radius 2 is 1.79 bits per heavy atom. The molecule has 0 aliphatic carbocycles. The van der Waals surface area contributed by atoms with Gasteiger partial charge in [-0.3, -0.25) is 0 Å². The van der Waals surface area contributed by atoms with Crippen molar-refractivity contribution in [2.75, 3.05) is 13.1 Å². The first-order chi connectivity index (χ1) is 11.2. The number of aryl methyl sites for hydroxylation is 2. The van der Waals surface area contributed by atoms with E-state index in [0.29, 0.717) is 0 Å². The van der Waals surface area contributed by atoms with Crippen molar-refractivity contribution in [1.82, 2.24) is 3.11 Å². The van der Waals surface area contributed by atoms with Gasteiger partial charge in [-0.15, -0.1) is 6.54 Å². The average Bonchev–Trinajstić information content (AvgIpc) is 2.55. The molecule has 0 atom stereocenters. The van der Waals surface area contributed by atoms with Crippen LogP contribution in [-0.4, -0.2) is 16.2 Å². The molecule has 0 fully saturated rings. The first-order valence-corrected chi connectivity index (χ1v) is 9.41. The van der Waals surface area contributed by atoms with Crippen LogP contribution in [0.4, 0.5) is 0 Å². The summed E-state index contributed by atoms with van der Waals surface area (Å²) in [6.07, 6.45) is 2.33. The summed E-state index contributed by atoms with van der Waals surface area (Å²) in [5.41, 5.74) is 5.58. The number of rotatable bonds is 9. The molecule has 2 nitrogen and oxygen atoms in total. The molecule has 0 radical (unpaired) electrons. The number of hydrogen-bond donors (Lipinski definition) is 0. The summed E-state index contributed by atoms with van der Waals surface area (Å²) in [7, 11) is 0. The second-order valence-corrected chi connectivity index (χ2v) is 7.39. The van der Waals surface area contributed by atoms with E-state index in [0.717, 1.165) is 32.6 Å². The van der Waals surface area contributed by atoms with E-state index >= 15 is 0 Å². The molecule has 2 rings (SSSR count). The molecule has 0 aliphatic heterocycles. The molecule has 0 N–H and O–H groups in total. The van der Waals surface area contributed by atoms with Gasteiger partial charge in [0.25, 0.3) is 0 Å². The fourth-order valence-electron chi connectivity index (χ4n) is 2.64. The molecule has 0 saturated heterocycles. The molecule has 0 saturated carbocycles. The second kappa shape index (κ2) is 12.1. The van der Waals surface area contributed by atoms with E-state index in [2.05, 4.69) is 93.7 Å². The van der Waals surface area contributed by atoms with Gasteiger partial charge >= 0.3 is 41.7 Å². The van der Waals surface area contributed by atoms with E-state index in [1.165, 1.54) is 28.7 Å². The molecule has 2 aromatic rings. The zero-order valence-electron chi connectivity index (χ0n) is 15.2. The quantitative estimate of drug-likeness (QED) is 0.271. The normalized spacial score (nSPS) is 10.7. The van der Waals surface area contributed by atoms with E-state index in [9.17, 15) is 0 Å². The Kier molecular flexibility index (Phi) is 11.0. The maximum atomic E-state index is 4.44. The maximum Gasteiger partial charge on any atom is 1.00 e. The standard InChI is InChI=1S/C20H27IN2.Li/c1-3-22-15-19-10-6-9-18(14-19)11-7-13-23(21)16-20-12-5-4-8-17(20)2;/h4-6,8-10,12,14,21H,3,7,11,13,15-16H2,1-2H3;/q;+1. The third-order valence-corrected chi connectivity index (χ3v) is 4.88. The number of benzene rings is 2. The van der Waals surface area contributed by atoms with E-state index in [-0.39, 0.29) is 18.9 Å². The molecule has 24 heavy (non-hydrogen) atoms. The number of hydrogen-bond acceptors (Lipinski definition) is 1. The first-order valence-electron chi connectivity index (χ1n) is 8.36. The Hall–Kier alpha value is -0.313. The van der Waals surface area contributed by atoms with Gasteiger partial charge in [0.05, 0.1) is 6.54 Å². The second-order valence-electron chi connectivity index (χ2n) is 5.91. The predicted molar refractivity (Wildman–Crippen MR) is 95.4 cm³/mol. The minimum atomic E-state index is 0. The van der Waals surface area contributed by atoms with Crippen LogP contribution in [-0.2, 0) is 19.5 Å². The summed E-state index contributed by atoms with van der Waals surface area (Å²) < 4.78 is 2.43. The van der Waals surface area contributed by atoms with E-state index < -0.39 is 0 Å². The van der Waals surface area contributed by atoms with Crippen LogP contribution in [0.5, 0.6) is 0 Å². The third-order valence-electron chi connectivity index (χ3n) is 3.99. The van der Waals surface area contributed by atoms with Gasteiger partial charge in [-0.25, -0.2) is 0 Å².